The lowest BCUT2D eigenvalue weighted by atomic mass is 10.2. The lowest BCUT2D eigenvalue weighted by Crippen LogP contribution is -2.04. The van der Waals surface area contributed by atoms with E-state index in [1.54, 1.807) is 6.20 Å². The number of para-hydroxylation sites is 1. The van der Waals surface area contributed by atoms with Gasteiger partial charge in [0.05, 0.1) is 17.8 Å². The molecule has 3 rings (SSSR count). The normalized spacial score (nSPS) is 10.6. The van der Waals surface area contributed by atoms with Gasteiger partial charge >= 0.3 is 0 Å². The second-order valence-corrected chi connectivity index (χ2v) is 4.25. The van der Waals surface area contributed by atoms with E-state index >= 15 is 0 Å². The highest BCUT2D eigenvalue weighted by Gasteiger charge is 2.05. The molecule has 0 bridgehead atoms. The van der Waals surface area contributed by atoms with Gasteiger partial charge in [-0.25, -0.2) is 19.9 Å². The molecule has 0 amide bonds. The summed E-state index contributed by atoms with van der Waals surface area (Å²) in [7, 11) is 0. The van der Waals surface area contributed by atoms with Crippen molar-refractivity contribution in [2.75, 3.05) is 5.32 Å². The van der Waals surface area contributed by atoms with Crippen LogP contribution < -0.4 is 5.32 Å². The van der Waals surface area contributed by atoms with Crippen molar-refractivity contribution in [1.82, 2.24) is 19.9 Å². The lowest BCUT2D eigenvalue weighted by Gasteiger charge is -2.08. The largest absolute Gasteiger partial charge is 0.364 e. The van der Waals surface area contributed by atoms with Gasteiger partial charge in [-0.2, -0.15) is 0 Å². The van der Waals surface area contributed by atoms with E-state index in [1.165, 1.54) is 6.33 Å². The molecule has 0 saturated heterocycles. The monoisotopic (exact) mass is 271 g/mol. The standard InChI is InChI=1S/C13H10ClN5/c14-13-18-11-4-2-1-3-10(11)12(19-13)16-7-9-5-6-15-8-17-9/h1-6,8H,7H2,(H,16,18,19). The van der Waals surface area contributed by atoms with Gasteiger partial charge in [-0.1, -0.05) is 12.1 Å². The van der Waals surface area contributed by atoms with Crippen LogP contribution in [0.25, 0.3) is 10.9 Å². The minimum absolute atomic E-state index is 0.226. The smallest absolute Gasteiger partial charge is 0.224 e. The number of hydrogen-bond donors (Lipinski definition) is 1. The number of anilines is 1. The number of hydrogen-bond acceptors (Lipinski definition) is 5. The van der Waals surface area contributed by atoms with Gasteiger partial charge < -0.3 is 5.32 Å². The lowest BCUT2D eigenvalue weighted by molar-refractivity contribution is 0.996. The van der Waals surface area contributed by atoms with E-state index < -0.39 is 0 Å². The maximum Gasteiger partial charge on any atom is 0.224 e. The molecule has 0 saturated carbocycles. The highest BCUT2D eigenvalue weighted by molar-refractivity contribution is 6.28. The van der Waals surface area contributed by atoms with Crippen LogP contribution in [-0.4, -0.2) is 19.9 Å². The minimum Gasteiger partial charge on any atom is -0.364 e. The zero-order valence-corrected chi connectivity index (χ0v) is 10.7. The van der Waals surface area contributed by atoms with Gasteiger partial charge in [0.1, 0.15) is 12.1 Å². The van der Waals surface area contributed by atoms with E-state index in [0.29, 0.717) is 12.4 Å². The third-order valence-corrected chi connectivity index (χ3v) is 2.83. The van der Waals surface area contributed by atoms with Crippen LogP contribution in [0, 0.1) is 0 Å². The first-order valence-electron chi connectivity index (χ1n) is 5.74. The Bertz CT molecular complexity index is 702. The fraction of sp³-hybridized carbons (Fsp3) is 0.0769. The van der Waals surface area contributed by atoms with Gasteiger partial charge in [-0.15, -0.1) is 0 Å². The number of nitrogens with zero attached hydrogens (tertiary/aromatic N) is 4. The molecule has 0 aliphatic heterocycles. The molecule has 0 radical (unpaired) electrons. The van der Waals surface area contributed by atoms with Gasteiger partial charge in [-0.05, 0) is 29.8 Å². The molecule has 2 aromatic heterocycles. The Labute approximate surface area is 114 Å². The van der Waals surface area contributed by atoms with Crippen molar-refractivity contribution in [2.45, 2.75) is 6.54 Å². The second-order valence-electron chi connectivity index (χ2n) is 3.91. The van der Waals surface area contributed by atoms with Gasteiger partial charge in [0, 0.05) is 11.6 Å². The molecule has 19 heavy (non-hydrogen) atoms. The summed E-state index contributed by atoms with van der Waals surface area (Å²) in [6, 6.07) is 9.56. The Balaban J connectivity index is 1.92. The van der Waals surface area contributed by atoms with Crippen LogP contribution in [0.3, 0.4) is 0 Å². The van der Waals surface area contributed by atoms with Crippen molar-refractivity contribution in [2.24, 2.45) is 0 Å². The van der Waals surface area contributed by atoms with E-state index in [0.717, 1.165) is 16.6 Å². The molecule has 5 nitrogen and oxygen atoms in total. The van der Waals surface area contributed by atoms with Crippen LogP contribution in [0.5, 0.6) is 0 Å². The van der Waals surface area contributed by atoms with Gasteiger partial charge in [0.15, 0.2) is 0 Å². The fourth-order valence-electron chi connectivity index (χ4n) is 1.78. The SMILES string of the molecule is Clc1nc(NCc2ccncn2)c2ccccc2n1. The van der Waals surface area contributed by atoms with Gasteiger partial charge in [0.25, 0.3) is 0 Å². The molecular formula is C13H10ClN5. The predicted octanol–water partition coefficient (Wildman–Crippen LogP) is 2.69. The van der Waals surface area contributed by atoms with Crippen molar-refractivity contribution < 1.29 is 0 Å². The predicted molar refractivity (Wildman–Crippen MR) is 73.9 cm³/mol. The van der Waals surface area contributed by atoms with Gasteiger partial charge in [-0.3, -0.25) is 0 Å². The van der Waals surface area contributed by atoms with Crippen LogP contribution >= 0.6 is 11.6 Å². The number of rotatable bonds is 3. The Hall–Kier alpha value is -2.27. The Morgan fingerprint density at radius 3 is 2.84 bits per heavy atom. The first kappa shape index (κ1) is 11.8. The maximum atomic E-state index is 5.92. The van der Waals surface area contributed by atoms with Crippen molar-refractivity contribution in [3.05, 3.63) is 53.8 Å². The molecule has 0 aliphatic rings. The summed E-state index contributed by atoms with van der Waals surface area (Å²) in [6.07, 6.45) is 3.22. The molecule has 0 unspecified atom stereocenters. The summed E-state index contributed by atoms with van der Waals surface area (Å²) in [5, 5.41) is 4.38. The number of halogens is 1. The molecule has 94 valence electrons. The molecule has 0 spiro atoms. The summed E-state index contributed by atoms with van der Waals surface area (Å²) in [5.74, 6) is 0.703. The topological polar surface area (TPSA) is 63.6 Å². The summed E-state index contributed by atoms with van der Waals surface area (Å²) < 4.78 is 0. The number of nitrogens with one attached hydrogen (secondary N) is 1. The molecule has 6 heteroatoms. The molecule has 2 heterocycles. The number of benzene rings is 1. The van der Waals surface area contributed by atoms with E-state index in [-0.39, 0.29) is 5.28 Å². The quantitative estimate of drug-likeness (QED) is 0.742. The van der Waals surface area contributed by atoms with Crippen LogP contribution in [0.1, 0.15) is 5.69 Å². The van der Waals surface area contributed by atoms with E-state index in [1.807, 2.05) is 30.3 Å². The van der Waals surface area contributed by atoms with E-state index in [4.69, 9.17) is 11.6 Å². The first-order valence-corrected chi connectivity index (χ1v) is 6.12. The molecule has 3 aromatic rings. The highest BCUT2D eigenvalue weighted by Crippen LogP contribution is 2.21. The fourth-order valence-corrected chi connectivity index (χ4v) is 1.96. The van der Waals surface area contributed by atoms with Crippen molar-refractivity contribution >= 4 is 28.3 Å². The Kier molecular flexibility index (Phi) is 3.20. The Morgan fingerprint density at radius 2 is 2.00 bits per heavy atom. The molecule has 0 atom stereocenters. The molecule has 0 fully saturated rings. The highest BCUT2D eigenvalue weighted by atomic mass is 35.5. The number of aromatic nitrogens is 4. The molecule has 1 N–H and O–H groups in total. The van der Waals surface area contributed by atoms with Crippen molar-refractivity contribution in [1.29, 1.82) is 0 Å². The minimum atomic E-state index is 0.226. The van der Waals surface area contributed by atoms with Crippen LogP contribution in [0.15, 0.2) is 42.9 Å². The summed E-state index contributed by atoms with van der Waals surface area (Å²) in [4.78, 5) is 16.4. The zero-order valence-electron chi connectivity index (χ0n) is 9.92. The summed E-state index contributed by atoms with van der Waals surface area (Å²) >= 11 is 5.92. The zero-order chi connectivity index (χ0) is 13.1. The third-order valence-electron chi connectivity index (χ3n) is 2.66. The van der Waals surface area contributed by atoms with Crippen LogP contribution in [-0.2, 0) is 6.54 Å². The van der Waals surface area contributed by atoms with Crippen molar-refractivity contribution in [3.8, 4) is 0 Å². The summed E-state index contributed by atoms with van der Waals surface area (Å²) in [6.45, 7) is 0.555. The third kappa shape index (κ3) is 2.61. The Morgan fingerprint density at radius 1 is 1.11 bits per heavy atom. The number of fused-ring (bicyclic) bond motifs is 1. The van der Waals surface area contributed by atoms with Gasteiger partial charge in [0.2, 0.25) is 5.28 Å². The van der Waals surface area contributed by atoms with Crippen LogP contribution in [0.2, 0.25) is 5.28 Å². The summed E-state index contributed by atoms with van der Waals surface area (Å²) in [5.41, 5.74) is 1.70. The maximum absolute atomic E-state index is 5.92. The van der Waals surface area contributed by atoms with Crippen LogP contribution in [0.4, 0.5) is 5.82 Å². The second kappa shape index (κ2) is 5.16. The average molecular weight is 272 g/mol. The van der Waals surface area contributed by atoms with E-state index in [9.17, 15) is 0 Å². The molecule has 1 aromatic carbocycles. The first-order chi connectivity index (χ1) is 9.33. The van der Waals surface area contributed by atoms with Crippen molar-refractivity contribution in [3.63, 3.8) is 0 Å². The molecule has 0 aliphatic carbocycles. The molecular weight excluding hydrogens is 262 g/mol. The van der Waals surface area contributed by atoms with E-state index in [2.05, 4.69) is 25.3 Å². The average Bonchev–Trinajstić information content (AvgIpc) is 2.45.